The van der Waals surface area contributed by atoms with Crippen LogP contribution in [0.5, 0.6) is 0 Å². The summed E-state index contributed by atoms with van der Waals surface area (Å²) in [6.07, 6.45) is 1.61. The Bertz CT molecular complexity index is 585. The Labute approximate surface area is 105 Å². The Morgan fingerprint density at radius 2 is 2.28 bits per heavy atom. The van der Waals surface area contributed by atoms with E-state index in [1.807, 2.05) is 0 Å². The fourth-order valence-electron chi connectivity index (χ4n) is 1.46. The van der Waals surface area contributed by atoms with Gasteiger partial charge in [0, 0.05) is 28.4 Å². The second-order valence-corrected chi connectivity index (χ2v) is 5.29. The number of rotatable bonds is 4. The minimum Gasteiger partial charge on any atom is -0.396 e. The molecule has 1 aromatic carbocycles. The summed E-state index contributed by atoms with van der Waals surface area (Å²) in [5.74, 6) is 0.453. The minimum atomic E-state index is -0.924. The van der Waals surface area contributed by atoms with Crippen molar-refractivity contribution < 1.29 is 8.60 Å². The van der Waals surface area contributed by atoms with E-state index in [9.17, 15) is 8.60 Å². The fourth-order valence-corrected chi connectivity index (χ4v) is 1.89. The van der Waals surface area contributed by atoms with Gasteiger partial charge in [0.05, 0.1) is 12.2 Å². The molecule has 0 amide bonds. The first-order valence-corrected chi connectivity index (χ1v) is 6.92. The maximum absolute atomic E-state index is 13.1. The number of aryl methyl sites for hydroxylation is 1. The first-order chi connectivity index (χ1) is 8.58. The van der Waals surface area contributed by atoms with Crippen LogP contribution in [0.2, 0.25) is 0 Å². The third-order valence-electron chi connectivity index (χ3n) is 2.38. The van der Waals surface area contributed by atoms with Gasteiger partial charge in [0.15, 0.2) is 5.82 Å². The Balaban J connectivity index is 2.30. The SMILES string of the molecule is CS(=O)CCn1nnnc1-c1ccc(F)c(N)c1. The summed E-state index contributed by atoms with van der Waals surface area (Å²) in [6, 6.07) is 4.29. The number of nitrogens with two attached hydrogens (primary N) is 1. The maximum Gasteiger partial charge on any atom is 0.182 e. The molecule has 0 bridgehead atoms. The topological polar surface area (TPSA) is 86.7 Å². The Kier molecular flexibility index (Phi) is 3.66. The molecule has 1 atom stereocenters. The lowest BCUT2D eigenvalue weighted by atomic mass is 10.2. The molecule has 0 aliphatic heterocycles. The molecule has 0 spiro atoms. The van der Waals surface area contributed by atoms with Crippen molar-refractivity contribution in [2.75, 3.05) is 17.7 Å². The molecular formula is C10H12FN5OS. The van der Waals surface area contributed by atoms with Gasteiger partial charge in [-0.05, 0) is 28.6 Å². The molecule has 1 unspecified atom stereocenters. The number of nitrogens with zero attached hydrogens (tertiary/aromatic N) is 4. The number of tetrazole rings is 1. The van der Waals surface area contributed by atoms with Crippen LogP contribution in [-0.4, -0.2) is 36.4 Å². The molecule has 0 fully saturated rings. The molecule has 0 saturated heterocycles. The summed E-state index contributed by atoms with van der Waals surface area (Å²) in [4.78, 5) is 0. The van der Waals surface area contributed by atoms with Crippen LogP contribution in [0.3, 0.4) is 0 Å². The maximum atomic E-state index is 13.1. The highest BCUT2D eigenvalue weighted by atomic mass is 32.2. The number of hydrogen-bond donors (Lipinski definition) is 1. The third-order valence-corrected chi connectivity index (χ3v) is 3.13. The average molecular weight is 269 g/mol. The molecule has 18 heavy (non-hydrogen) atoms. The summed E-state index contributed by atoms with van der Waals surface area (Å²) in [5, 5.41) is 11.2. The van der Waals surface area contributed by atoms with E-state index in [4.69, 9.17) is 5.73 Å². The number of benzene rings is 1. The number of halogens is 1. The monoisotopic (exact) mass is 269 g/mol. The van der Waals surface area contributed by atoms with Crippen LogP contribution in [0.1, 0.15) is 0 Å². The molecule has 0 saturated carbocycles. The van der Waals surface area contributed by atoms with Gasteiger partial charge in [-0.1, -0.05) is 0 Å². The second kappa shape index (κ2) is 5.21. The van der Waals surface area contributed by atoms with Crippen molar-refractivity contribution in [3.63, 3.8) is 0 Å². The van der Waals surface area contributed by atoms with E-state index in [0.29, 0.717) is 23.7 Å². The van der Waals surface area contributed by atoms with Crippen LogP contribution in [0.25, 0.3) is 11.4 Å². The second-order valence-electron chi connectivity index (χ2n) is 3.74. The predicted octanol–water partition coefficient (Wildman–Crippen LogP) is 0.440. The first kappa shape index (κ1) is 12.6. The Morgan fingerprint density at radius 1 is 1.50 bits per heavy atom. The van der Waals surface area contributed by atoms with Gasteiger partial charge in [-0.25, -0.2) is 9.07 Å². The van der Waals surface area contributed by atoms with Gasteiger partial charge in [-0.2, -0.15) is 0 Å². The molecule has 8 heteroatoms. The standard InChI is InChI=1S/C10H12FN5OS/c1-18(17)5-4-16-10(13-14-15-16)7-2-3-8(11)9(12)6-7/h2-3,6H,4-5,12H2,1H3. The molecule has 1 heterocycles. The molecule has 2 aromatic rings. The van der Waals surface area contributed by atoms with Gasteiger partial charge in [0.25, 0.3) is 0 Å². The van der Waals surface area contributed by atoms with E-state index in [0.717, 1.165) is 0 Å². The van der Waals surface area contributed by atoms with Gasteiger partial charge < -0.3 is 5.73 Å². The highest BCUT2D eigenvalue weighted by molar-refractivity contribution is 7.84. The number of hydrogen-bond acceptors (Lipinski definition) is 5. The molecule has 0 aliphatic carbocycles. The van der Waals surface area contributed by atoms with Crippen LogP contribution in [-0.2, 0) is 17.3 Å². The van der Waals surface area contributed by atoms with Crippen molar-refractivity contribution in [2.45, 2.75) is 6.54 Å². The molecule has 6 nitrogen and oxygen atoms in total. The van der Waals surface area contributed by atoms with Crippen molar-refractivity contribution in [2.24, 2.45) is 0 Å². The van der Waals surface area contributed by atoms with Crippen LogP contribution >= 0.6 is 0 Å². The van der Waals surface area contributed by atoms with E-state index in [1.54, 1.807) is 12.3 Å². The predicted molar refractivity (Wildman–Crippen MR) is 66.6 cm³/mol. The van der Waals surface area contributed by atoms with E-state index < -0.39 is 16.6 Å². The van der Waals surface area contributed by atoms with Crippen LogP contribution in [0, 0.1) is 5.82 Å². The zero-order valence-corrected chi connectivity index (χ0v) is 10.5. The van der Waals surface area contributed by atoms with Crippen molar-refractivity contribution in [3.8, 4) is 11.4 Å². The molecule has 0 radical (unpaired) electrons. The largest absolute Gasteiger partial charge is 0.396 e. The fraction of sp³-hybridized carbons (Fsp3) is 0.300. The number of aromatic nitrogens is 4. The molecule has 96 valence electrons. The summed E-state index contributed by atoms with van der Waals surface area (Å²) < 4.78 is 25.6. The average Bonchev–Trinajstić information content (AvgIpc) is 2.78. The Morgan fingerprint density at radius 3 is 2.94 bits per heavy atom. The summed E-state index contributed by atoms with van der Waals surface area (Å²) in [6.45, 7) is 0.433. The van der Waals surface area contributed by atoms with Gasteiger partial charge in [0.2, 0.25) is 0 Å². The summed E-state index contributed by atoms with van der Waals surface area (Å²) >= 11 is 0. The Hall–Kier alpha value is -1.83. The minimum absolute atomic E-state index is 0.0427. The van der Waals surface area contributed by atoms with Gasteiger partial charge in [-0.15, -0.1) is 5.10 Å². The number of anilines is 1. The van der Waals surface area contributed by atoms with E-state index in [-0.39, 0.29) is 5.69 Å². The lowest BCUT2D eigenvalue weighted by Crippen LogP contribution is -2.09. The molecule has 2 N–H and O–H groups in total. The van der Waals surface area contributed by atoms with Crippen LogP contribution < -0.4 is 5.73 Å². The summed E-state index contributed by atoms with van der Waals surface area (Å²) in [7, 11) is -0.924. The molecule has 1 aromatic heterocycles. The van der Waals surface area contributed by atoms with E-state index in [2.05, 4.69) is 15.5 Å². The summed E-state index contributed by atoms with van der Waals surface area (Å²) in [5.41, 5.74) is 6.17. The smallest absolute Gasteiger partial charge is 0.182 e. The molecule has 0 aliphatic rings. The van der Waals surface area contributed by atoms with Gasteiger partial charge in [-0.3, -0.25) is 4.21 Å². The van der Waals surface area contributed by atoms with E-state index >= 15 is 0 Å². The quantitative estimate of drug-likeness (QED) is 0.814. The van der Waals surface area contributed by atoms with Crippen molar-refractivity contribution in [1.29, 1.82) is 0 Å². The third kappa shape index (κ3) is 2.70. The van der Waals surface area contributed by atoms with Crippen molar-refractivity contribution >= 4 is 16.5 Å². The zero-order chi connectivity index (χ0) is 13.1. The normalized spacial score (nSPS) is 12.6. The van der Waals surface area contributed by atoms with Gasteiger partial charge in [0.1, 0.15) is 5.82 Å². The lowest BCUT2D eigenvalue weighted by molar-refractivity contribution is 0.624. The lowest BCUT2D eigenvalue weighted by Gasteiger charge is -2.04. The van der Waals surface area contributed by atoms with Crippen LogP contribution in [0.15, 0.2) is 18.2 Å². The van der Waals surface area contributed by atoms with Crippen molar-refractivity contribution in [3.05, 3.63) is 24.0 Å². The van der Waals surface area contributed by atoms with Gasteiger partial charge >= 0.3 is 0 Å². The van der Waals surface area contributed by atoms with Crippen molar-refractivity contribution in [1.82, 2.24) is 20.2 Å². The van der Waals surface area contributed by atoms with E-state index in [1.165, 1.54) is 16.8 Å². The highest BCUT2D eigenvalue weighted by Crippen LogP contribution is 2.20. The molecular weight excluding hydrogens is 257 g/mol. The number of nitrogen functional groups attached to an aromatic ring is 1. The zero-order valence-electron chi connectivity index (χ0n) is 9.71. The highest BCUT2D eigenvalue weighted by Gasteiger charge is 2.10. The molecule has 2 rings (SSSR count). The van der Waals surface area contributed by atoms with Crippen LogP contribution in [0.4, 0.5) is 10.1 Å². The first-order valence-electron chi connectivity index (χ1n) is 5.19.